The lowest BCUT2D eigenvalue weighted by atomic mass is 9.98. The highest BCUT2D eigenvalue weighted by atomic mass is 16.5. The van der Waals surface area contributed by atoms with E-state index in [1.165, 1.54) is 6.92 Å². The third-order valence-electron chi connectivity index (χ3n) is 6.55. The Bertz CT molecular complexity index is 1010. The van der Waals surface area contributed by atoms with Gasteiger partial charge in [-0.05, 0) is 42.0 Å². The van der Waals surface area contributed by atoms with Crippen molar-refractivity contribution in [3.63, 3.8) is 0 Å². The molecule has 2 aliphatic carbocycles. The Morgan fingerprint density at radius 3 is 2.21 bits per heavy atom. The second-order valence-electron chi connectivity index (χ2n) is 8.68. The maximum atomic E-state index is 12.6. The van der Waals surface area contributed by atoms with Crippen molar-refractivity contribution in [1.29, 1.82) is 0 Å². The van der Waals surface area contributed by atoms with Crippen LogP contribution in [0.3, 0.4) is 0 Å². The first-order chi connectivity index (χ1) is 15.9. The van der Waals surface area contributed by atoms with E-state index in [2.05, 4.69) is 22.8 Å². The molecule has 174 valence electrons. The largest absolute Gasteiger partial charge is 0.480 e. The van der Waals surface area contributed by atoms with Crippen LogP contribution < -0.4 is 10.6 Å². The third kappa shape index (κ3) is 4.71. The van der Waals surface area contributed by atoms with Gasteiger partial charge in [0.1, 0.15) is 6.61 Å². The van der Waals surface area contributed by atoms with Gasteiger partial charge in [-0.15, -0.1) is 0 Å². The van der Waals surface area contributed by atoms with Crippen LogP contribution in [0.25, 0.3) is 11.1 Å². The molecule has 0 radical (unpaired) electrons. The molecule has 1 saturated carbocycles. The fraction of sp³-hybridized carbons (Fsp3) is 0.400. The minimum atomic E-state index is -1.40. The van der Waals surface area contributed by atoms with Gasteiger partial charge in [0.2, 0.25) is 5.91 Å². The van der Waals surface area contributed by atoms with E-state index in [1.54, 1.807) is 0 Å². The van der Waals surface area contributed by atoms with Crippen LogP contribution in [0.1, 0.15) is 43.2 Å². The molecule has 2 aromatic carbocycles. The molecule has 2 aromatic rings. The van der Waals surface area contributed by atoms with Gasteiger partial charge in [-0.1, -0.05) is 55.0 Å². The highest BCUT2D eigenvalue weighted by molar-refractivity contribution is 5.86. The highest BCUT2D eigenvalue weighted by Crippen LogP contribution is 2.44. The first-order valence-electron chi connectivity index (χ1n) is 11.2. The number of aliphatic hydroxyl groups is 1. The van der Waals surface area contributed by atoms with Crippen LogP contribution in [0.2, 0.25) is 0 Å². The van der Waals surface area contributed by atoms with Crippen LogP contribution in [0, 0.1) is 5.92 Å². The van der Waals surface area contributed by atoms with Crippen LogP contribution >= 0.6 is 0 Å². The Morgan fingerprint density at radius 2 is 1.64 bits per heavy atom. The van der Waals surface area contributed by atoms with E-state index >= 15 is 0 Å². The molecule has 8 heteroatoms. The topological polar surface area (TPSA) is 125 Å². The van der Waals surface area contributed by atoms with Crippen molar-refractivity contribution in [2.75, 3.05) is 6.61 Å². The monoisotopic (exact) mass is 452 g/mol. The second-order valence-corrected chi connectivity index (χ2v) is 8.68. The summed E-state index contributed by atoms with van der Waals surface area (Å²) in [4.78, 5) is 36.5. The van der Waals surface area contributed by atoms with Crippen LogP contribution in [-0.4, -0.2) is 53.0 Å². The third-order valence-corrected chi connectivity index (χ3v) is 6.55. The lowest BCUT2D eigenvalue weighted by Crippen LogP contribution is -2.52. The molecule has 2 amide bonds. The molecular weight excluding hydrogens is 424 g/mol. The SMILES string of the molecule is CC(O)C(NC(=O)[C@@H]1CCC[C@@H]1NC(=O)OCC1c2ccccc2-c2ccccc21)C(=O)O. The van der Waals surface area contributed by atoms with E-state index in [9.17, 15) is 24.6 Å². The molecule has 0 aliphatic heterocycles. The van der Waals surface area contributed by atoms with Gasteiger partial charge < -0.3 is 25.6 Å². The molecule has 4 atom stereocenters. The van der Waals surface area contributed by atoms with E-state index in [4.69, 9.17) is 4.74 Å². The first-order valence-corrected chi connectivity index (χ1v) is 11.2. The van der Waals surface area contributed by atoms with Gasteiger partial charge in [0.25, 0.3) is 0 Å². The average Bonchev–Trinajstić information content (AvgIpc) is 3.38. The fourth-order valence-corrected chi connectivity index (χ4v) is 4.89. The molecule has 0 saturated heterocycles. The summed E-state index contributed by atoms with van der Waals surface area (Å²) in [5.74, 6) is -2.44. The van der Waals surface area contributed by atoms with Crippen molar-refractivity contribution >= 4 is 18.0 Å². The number of carboxylic acids is 1. The number of benzene rings is 2. The van der Waals surface area contributed by atoms with Crippen LogP contribution in [0.5, 0.6) is 0 Å². The Morgan fingerprint density at radius 1 is 1.03 bits per heavy atom. The second kappa shape index (κ2) is 9.62. The van der Waals surface area contributed by atoms with Crippen molar-refractivity contribution in [3.05, 3.63) is 59.7 Å². The number of carbonyl (C=O) groups is 3. The number of rotatable bonds is 7. The molecule has 0 heterocycles. The van der Waals surface area contributed by atoms with Crippen molar-refractivity contribution in [2.24, 2.45) is 5.92 Å². The van der Waals surface area contributed by atoms with Crippen molar-refractivity contribution in [3.8, 4) is 11.1 Å². The molecule has 0 aromatic heterocycles. The van der Waals surface area contributed by atoms with E-state index in [0.717, 1.165) is 28.7 Å². The van der Waals surface area contributed by atoms with E-state index in [0.29, 0.717) is 12.8 Å². The maximum Gasteiger partial charge on any atom is 0.407 e. The number of hydrogen-bond acceptors (Lipinski definition) is 5. The summed E-state index contributed by atoms with van der Waals surface area (Å²) in [5.41, 5.74) is 4.51. The molecule has 4 N–H and O–H groups in total. The number of hydrogen-bond donors (Lipinski definition) is 4. The normalized spacial score (nSPS) is 20.9. The zero-order valence-electron chi connectivity index (χ0n) is 18.4. The summed E-state index contributed by atoms with van der Waals surface area (Å²) in [5, 5.41) is 24.0. The summed E-state index contributed by atoms with van der Waals surface area (Å²) < 4.78 is 5.57. The molecule has 4 rings (SSSR count). The van der Waals surface area contributed by atoms with Gasteiger partial charge in [-0.2, -0.15) is 0 Å². The highest BCUT2D eigenvalue weighted by Gasteiger charge is 2.37. The zero-order valence-corrected chi connectivity index (χ0v) is 18.4. The molecule has 0 bridgehead atoms. The molecule has 2 unspecified atom stereocenters. The maximum absolute atomic E-state index is 12.6. The summed E-state index contributed by atoms with van der Waals surface area (Å²) >= 11 is 0. The molecular formula is C25H28N2O6. The van der Waals surface area contributed by atoms with Gasteiger partial charge >= 0.3 is 12.1 Å². The number of amides is 2. The summed E-state index contributed by atoms with van der Waals surface area (Å²) in [6, 6.07) is 14.3. The number of carboxylic acid groups (broad SMARTS) is 1. The van der Waals surface area contributed by atoms with Gasteiger partial charge in [-0.25, -0.2) is 9.59 Å². The fourth-order valence-electron chi connectivity index (χ4n) is 4.89. The molecule has 2 aliphatic rings. The smallest absolute Gasteiger partial charge is 0.407 e. The Kier molecular flexibility index (Phi) is 6.65. The predicted molar refractivity (Wildman–Crippen MR) is 121 cm³/mol. The van der Waals surface area contributed by atoms with E-state index in [-0.39, 0.29) is 12.5 Å². The van der Waals surface area contributed by atoms with Gasteiger partial charge in [0.05, 0.1) is 12.0 Å². The number of alkyl carbamates (subject to hydrolysis) is 1. The van der Waals surface area contributed by atoms with E-state index in [1.807, 2.05) is 36.4 Å². The van der Waals surface area contributed by atoms with Crippen LogP contribution in [-0.2, 0) is 14.3 Å². The molecule has 8 nitrogen and oxygen atoms in total. The number of nitrogens with one attached hydrogen (secondary N) is 2. The van der Waals surface area contributed by atoms with Crippen molar-refractivity contribution in [2.45, 2.75) is 50.3 Å². The predicted octanol–water partition coefficient (Wildman–Crippen LogP) is 2.64. The van der Waals surface area contributed by atoms with E-state index < -0.39 is 42.1 Å². The summed E-state index contributed by atoms with van der Waals surface area (Å²) in [7, 11) is 0. The number of aliphatic carboxylic acids is 1. The molecule has 33 heavy (non-hydrogen) atoms. The van der Waals surface area contributed by atoms with Crippen molar-refractivity contribution < 1.29 is 29.3 Å². The Labute approximate surface area is 192 Å². The lowest BCUT2D eigenvalue weighted by molar-refractivity contribution is -0.145. The quantitative estimate of drug-likeness (QED) is 0.512. The standard InChI is InChI=1S/C25H28N2O6/c1-14(28)22(24(30)31)27-23(29)19-11-6-12-21(19)26-25(32)33-13-20-17-9-4-2-7-15(17)16-8-3-5-10-18(16)20/h2-5,7-10,14,19-22,28H,6,11-13H2,1H3,(H,26,32)(H,27,29)(H,30,31)/t14?,19-,21+,22?/m1/s1. The van der Waals surface area contributed by atoms with Gasteiger partial charge in [0, 0.05) is 12.0 Å². The van der Waals surface area contributed by atoms with Crippen LogP contribution in [0.4, 0.5) is 4.79 Å². The Balaban J connectivity index is 1.37. The van der Waals surface area contributed by atoms with Gasteiger partial charge in [0.15, 0.2) is 6.04 Å². The molecule has 1 fully saturated rings. The summed E-state index contributed by atoms with van der Waals surface area (Å²) in [6.07, 6.45) is -0.00640. The summed E-state index contributed by atoms with van der Waals surface area (Å²) in [6.45, 7) is 1.48. The van der Waals surface area contributed by atoms with Gasteiger partial charge in [-0.3, -0.25) is 4.79 Å². The number of fused-ring (bicyclic) bond motifs is 3. The average molecular weight is 453 g/mol. The first kappa shape index (κ1) is 22.8. The lowest BCUT2D eigenvalue weighted by Gasteiger charge is -2.24. The number of aliphatic hydroxyl groups excluding tert-OH is 1. The molecule has 0 spiro atoms. The minimum absolute atomic E-state index is 0.0619. The minimum Gasteiger partial charge on any atom is -0.480 e. The van der Waals surface area contributed by atoms with Crippen LogP contribution in [0.15, 0.2) is 48.5 Å². The zero-order chi connectivity index (χ0) is 23.5. The van der Waals surface area contributed by atoms with Crippen molar-refractivity contribution in [1.82, 2.24) is 10.6 Å². The number of ether oxygens (including phenoxy) is 1. The number of carbonyl (C=O) groups excluding carboxylic acids is 2. The Hall–Kier alpha value is -3.39.